The summed E-state index contributed by atoms with van der Waals surface area (Å²) in [5.41, 5.74) is 0.732. The van der Waals surface area contributed by atoms with Crippen LogP contribution in [-0.2, 0) is 4.79 Å². The van der Waals surface area contributed by atoms with Crippen molar-refractivity contribution in [3.63, 3.8) is 0 Å². The van der Waals surface area contributed by atoms with Gasteiger partial charge in [0.05, 0.1) is 17.8 Å². The summed E-state index contributed by atoms with van der Waals surface area (Å²) in [5.74, 6) is 0.825. The summed E-state index contributed by atoms with van der Waals surface area (Å²) < 4.78 is 0. The quantitative estimate of drug-likeness (QED) is 0.910. The van der Waals surface area contributed by atoms with E-state index in [0.29, 0.717) is 6.54 Å². The first-order valence-electron chi connectivity index (χ1n) is 6.56. The van der Waals surface area contributed by atoms with Gasteiger partial charge in [-0.2, -0.15) is 5.10 Å². The second-order valence-corrected chi connectivity index (χ2v) is 4.74. The molecule has 1 unspecified atom stereocenters. The van der Waals surface area contributed by atoms with Gasteiger partial charge in [0.1, 0.15) is 0 Å². The van der Waals surface area contributed by atoms with Crippen LogP contribution in [0, 0.1) is 5.92 Å². The standard InChI is InChI=1S/C14H15N5O/c20-14(17-12-3-1-6-15-9-12)11-5-8-19(10-11)13-4-2-7-16-18-13/h1-4,6-7,9,11H,5,8,10H2,(H,17,20). The zero-order chi connectivity index (χ0) is 13.8. The van der Waals surface area contributed by atoms with Gasteiger partial charge in [-0.05, 0) is 30.7 Å². The predicted octanol–water partition coefficient (Wildman–Crippen LogP) is 1.34. The first kappa shape index (κ1) is 12.5. The third kappa shape index (κ3) is 2.74. The molecule has 1 saturated heterocycles. The molecule has 1 atom stereocenters. The summed E-state index contributed by atoms with van der Waals surface area (Å²) in [5, 5.41) is 10.8. The third-order valence-electron chi connectivity index (χ3n) is 3.37. The Kier molecular flexibility index (Phi) is 3.54. The topological polar surface area (TPSA) is 71.0 Å². The number of nitrogens with zero attached hydrogens (tertiary/aromatic N) is 4. The normalized spacial score (nSPS) is 18.0. The second kappa shape index (κ2) is 5.64. The Balaban J connectivity index is 1.61. The fraction of sp³-hybridized carbons (Fsp3) is 0.286. The summed E-state index contributed by atoms with van der Waals surface area (Å²) in [7, 11) is 0. The Labute approximate surface area is 116 Å². The van der Waals surface area contributed by atoms with E-state index in [1.807, 2.05) is 18.2 Å². The predicted molar refractivity (Wildman–Crippen MR) is 75.2 cm³/mol. The van der Waals surface area contributed by atoms with Crippen LogP contribution in [0.15, 0.2) is 42.9 Å². The third-order valence-corrected chi connectivity index (χ3v) is 3.37. The molecule has 0 aliphatic carbocycles. The number of hydrogen-bond acceptors (Lipinski definition) is 5. The van der Waals surface area contributed by atoms with E-state index in [1.54, 1.807) is 24.7 Å². The Morgan fingerprint density at radius 3 is 2.95 bits per heavy atom. The molecule has 6 heteroatoms. The maximum absolute atomic E-state index is 12.2. The Hall–Kier alpha value is -2.50. The molecule has 3 rings (SSSR count). The SMILES string of the molecule is O=C(Nc1cccnc1)C1CCN(c2cccnn2)C1. The molecule has 1 amide bonds. The number of rotatable bonds is 3. The summed E-state index contributed by atoms with van der Waals surface area (Å²) in [6.07, 6.45) is 5.79. The average molecular weight is 269 g/mol. The summed E-state index contributed by atoms with van der Waals surface area (Å²) in [6.45, 7) is 1.49. The number of amides is 1. The number of hydrogen-bond donors (Lipinski definition) is 1. The minimum absolute atomic E-state index is 0.0304. The minimum Gasteiger partial charge on any atom is -0.354 e. The van der Waals surface area contributed by atoms with Crippen molar-refractivity contribution >= 4 is 17.4 Å². The van der Waals surface area contributed by atoms with Crippen LogP contribution in [0.2, 0.25) is 0 Å². The van der Waals surface area contributed by atoms with Crippen molar-refractivity contribution < 1.29 is 4.79 Å². The fourth-order valence-electron chi connectivity index (χ4n) is 2.33. The molecule has 1 fully saturated rings. The van der Waals surface area contributed by atoms with E-state index < -0.39 is 0 Å². The van der Waals surface area contributed by atoms with Crippen LogP contribution >= 0.6 is 0 Å². The molecule has 2 aromatic heterocycles. The Morgan fingerprint density at radius 1 is 1.30 bits per heavy atom. The highest BCUT2D eigenvalue weighted by molar-refractivity contribution is 5.93. The maximum atomic E-state index is 12.2. The lowest BCUT2D eigenvalue weighted by molar-refractivity contribution is -0.119. The van der Waals surface area contributed by atoms with Crippen LogP contribution < -0.4 is 10.2 Å². The lowest BCUT2D eigenvalue weighted by atomic mass is 10.1. The Bertz CT molecular complexity index is 575. The second-order valence-electron chi connectivity index (χ2n) is 4.74. The highest BCUT2D eigenvalue weighted by Gasteiger charge is 2.29. The molecule has 6 nitrogen and oxygen atoms in total. The van der Waals surface area contributed by atoms with Gasteiger partial charge in [0.15, 0.2) is 5.82 Å². The molecule has 0 spiro atoms. The van der Waals surface area contributed by atoms with Gasteiger partial charge in [0, 0.05) is 25.5 Å². The van der Waals surface area contributed by atoms with Gasteiger partial charge in [-0.25, -0.2) is 0 Å². The highest BCUT2D eigenvalue weighted by Crippen LogP contribution is 2.22. The molecule has 3 heterocycles. The molecular formula is C14H15N5O. The number of nitrogens with one attached hydrogen (secondary N) is 1. The van der Waals surface area contributed by atoms with Crippen LogP contribution in [0.1, 0.15) is 6.42 Å². The van der Waals surface area contributed by atoms with Gasteiger partial charge >= 0.3 is 0 Å². The van der Waals surface area contributed by atoms with Gasteiger partial charge in [-0.15, -0.1) is 5.10 Å². The van der Waals surface area contributed by atoms with Crippen LogP contribution in [0.4, 0.5) is 11.5 Å². The van der Waals surface area contributed by atoms with E-state index in [-0.39, 0.29) is 11.8 Å². The van der Waals surface area contributed by atoms with Crippen LogP contribution in [0.3, 0.4) is 0 Å². The van der Waals surface area contributed by atoms with E-state index in [9.17, 15) is 4.79 Å². The van der Waals surface area contributed by atoms with Crippen molar-refractivity contribution in [2.75, 3.05) is 23.3 Å². The van der Waals surface area contributed by atoms with Gasteiger partial charge < -0.3 is 10.2 Å². The fourth-order valence-corrected chi connectivity index (χ4v) is 2.33. The number of carbonyl (C=O) groups excluding carboxylic acids is 1. The molecule has 1 N–H and O–H groups in total. The molecular weight excluding hydrogens is 254 g/mol. The number of anilines is 2. The zero-order valence-electron chi connectivity index (χ0n) is 10.9. The van der Waals surface area contributed by atoms with Gasteiger partial charge in [0.2, 0.25) is 5.91 Å². The Morgan fingerprint density at radius 2 is 2.20 bits per heavy atom. The number of pyridine rings is 1. The van der Waals surface area contributed by atoms with E-state index in [1.165, 1.54) is 0 Å². The molecule has 0 saturated carbocycles. The molecule has 2 aromatic rings. The average Bonchev–Trinajstić information content (AvgIpc) is 2.99. The largest absolute Gasteiger partial charge is 0.354 e. The number of carbonyl (C=O) groups is 1. The summed E-state index contributed by atoms with van der Waals surface area (Å²) in [6, 6.07) is 7.40. The van der Waals surface area contributed by atoms with Crippen molar-refractivity contribution in [2.45, 2.75) is 6.42 Å². The molecule has 1 aliphatic heterocycles. The van der Waals surface area contributed by atoms with Crippen molar-refractivity contribution in [2.24, 2.45) is 5.92 Å². The molecule has 20 heavy (non-hydrogen) atoms. The lowest BCUT2D eigenvalue weighted by Crippen LogP contribution is -2.27. The summed E-state index contributed by atoms with van der Waals surface area (Å²) in [4.78, 5) is 18.3. The van der Waals surface area contributed by atoms with E-state index in [0.717, 1.165) is 24.5 Å². The van der Waals surface area contributed by atoms with E-state index >= 15 is 0 Å². The van der Waals surface area contributed by atoms with Crippen molar-refractivity contribution in [3.8, 4) is 0 Å². The molecule has 102 valence electrons. The smallest absolute Gasteiger partial charge is 0.229 e. The van der Waals surface area contributed by atoms with Gasteiger partial charge in [-0.1, -0.05) is 0 Å². The van der Waals surface area contributed by atoms with Gasteiger partial charge in [0.25, 0.3) is 0 Å². The van der Waals surface area contributed by atoms with Crippen LogP contribution in [0.5, 0.6) is 0 Å². The lowest BCUT2D eigenvalue weighted by Gasteiger charge is -2.16. The van der Waals surface area contributed by atoms with E-state index in [4.69, 9.17) is 0 Å². The molecule has 0 bridgehead atoms. The van der Waals surface area contributed by atoms with E-state index in [2.05, 4.69) is 25.4 Å². The summed E-state index contributed by atoms with van der Waals surface area (Å²) >= 11 is 0. The van der Waals surface area contributed by atoms with Crippen molar-refractivity contribution in [1.82, 2.24) is 15.2 Å². The number of aromatic nitrogens is 3. The van der Waals surface area contributed by atoms with Gasteiger partial charge in [-0.3, -0.25) is 9.78 Å². The monoisotopic (exact) mass is 269 g/mol. The molecule has 0 radical (unpaired) electrons. The first-order chi connectivity index (χ1) is 9.83. The van der Waals surface area contributed by atoms with Crippen LogP contribution in [-0.4, -0.2) is 34.2 Å². The molecule has 0 aromatic carbocycles. The first-order valence-corrected chi connectivity index (χ1v) is 6.56. The molecule has 1 aliphatic rings. The maximum Gasteiger partial charge on any atom is 0.229 e. The van der Waals surface area contributed by atoms with Crippen LogP contribution in [0.25, 0.3) is 0 Å². The minimum atomic E-state index is -0.0304. The highest BCUT2D eigenvalue weighted by atomic mass is 16.1. The zero-order valence-corrected chi connectivity index (χ0v) is 10.9. The van der Waals surface area contributed by atoms with Crippen molar-refractivity contribution in [3.05, 3.63) is 42.9 Å². The van der Waals surface area contributed by atoms with Crippen molar-refractivity contribution in [1.29, 1.82) is 0 Å².